The zero-order chi connectivity index (χ0) is 13.1. The maximum absolute atomic E-state index is 12.5. The van der Waals surface area contributed by atoms with Crippen molar-refractivity contribution >= 4 is 0 Å². The van der Waals surface area contributed by atoms with Crippen LogP contribution in [0, 0.1) is 5.92 Å². The molecule has 1 saturated heterocycles. The van der Waals surface area contributed by atoms with Gasteiger partial charge in [0.2, 0.25) is 0 Å². The smallest absolute Gasteiger partial charge is 0.312 e. The van der Waals surface area contributed by atoms with E-state index in [1.54, 1.807) is 0 Å². The molecule has 1 fully saturated rings. The van der Waals surface area contributed by atoms with Crippen molar-refractivity contribution in [2.75, 3.05) is 19.6 Å². The Bertz CT molecular complexity index is 228. The summed E-state index contributed by atoms with van der Waals surface area (Å²) in [6.45, 7) is 6.35. The summed E-state index contributed by atoms with van der Waals surface area (Å²) < 4.78 is 37.4. The van der Waals surface area contributed by atoms with Crippen LogP contribution in [0.3, 0.4) is 0 Å². The predicted molar refractivity (Wildman–Crippen MR) is 63.0 cm³/mol. The molecular formula is C12H23F3N2. The molecule has 1 N–H and O–H groups in total. The number of piperidine rings is 1. The summed E-state index contributed by atoms with van der Waals surface area (Å²) in [4.78, 5) is 1.51. The number of rotatable bonds is 4. The monoisotopic (exact) mass is 252 g/mol. The molecule has 0 radical (unpaired) electrons. The minimum absolute atomic E-state index is 0.0763. The molecule has 0 aromatic heterocycles. The Morgan fingerprint density at radius 2 is 2.00 bits per heavy atom. The highest BCUT2D eigenvalue weighted by Crippen LogP contribution is 2.21. The summed E-state index contributed by atoms with van der Waals surface area (Å²) >= 11 is 0. The molecule has 0 bridgehead atoms. The average Bonchev–Trinajstić information content (AvgIpc) is 2.18. The van der Waals surface area contributed by atoms with Gasteiger partial charge < -0.3 is 5.32 Å². The van der Waals surface area contributed by atoms with Gasteiger partial charge in [0.1, 0.15) is 0 Å². The lowest BCUT2D eigenvalue weighted by Gasteiger charge is -2.36. The van der Waals surface area contributed by atoms with Crippen molar-refractivity contribution in [3.8, 4) is 0 Å². The van der Waals surface area contributed by atoms with Crippen LogP contribution in [-0.2, 0) is 0 Å². The van der Waals surface area contributed by atoms with E-state index in [0.29, 0.717) is 12.5 Å². The normalized spacial score (nSPS) is 26.8. The molecule has 2 atom stereocenters. The standard InChI is InChI=1S/C12H23F3N2/c1-9(2)17(8-12(13,14)15)7-11-10(3)5-4-6-16-11/h9-11,16H,4-8H2,1-3H3. The molecule has 0 aliphatic carbocycles. The van der Waals surface area contributed by atoms with E-state index in [0.717, 1.165) is 19.4 Å². The summed E-state index contributed by atoms with van der Waals surface area (Å²) in [5.74, 6) is 0.457. The van der Waals surface area contributed by atoms with Crippen LogP contribution < -0.4 is 5.32 Å². The van der Waals surface area contributed by atoms with E-state index in [1.165, 1.54) is 4.90 Å². The van der Waals surface area contributed by atoms with Gasteiger partial charge in [-0.3, -0.25) is 4.90 Å². The lowest BCUT2D eigenvalue weighted by molar-refractivity contribution is -0.150. The minimum Gasteiger partial charge on any atom is -0.312 e. The van der Waals surface area contributed by atoms with Crippen molar-refractivity contribution in [3.63, 3.8) is 0 Å². The molecule has 1 aliphatic rings. The maximum atomic E-state index is 12.5. The number of halogens is 3. The number of nitrogens with one attached hydrogen (secondary N) is 1. The largest absolute Gasteiger partial charge is 0.401 e. The second-order valence-electron chi connectivity index (χ2n) is 5.32. The molecule has 0 saturated carbocycles. The Hall–Kier alpha value is -0.290. The van der Waals surface area contributed by atoms with E-state index in [1.807, 2.05) is 13.8 Å². The van der Waals surface area contributed by atoms with Crippen molar-refractivity contribution in [1.29, 1.82) is 0 Å². The summed E-state index contributed by atoms with van der Waals surface area (Å²) in [6.07, 6.45) is -1.88. The van der Waals surface area contributed by atoms with E-state index >= 15 is 0 Å². The van der Waals surface area contributed by atoms with Gasteiger partial charge in [-0.15, -0.1) is 0 Å². The lowest BCUT2D eigenvalue weighted by Crippen LogP contribution is -2.51. The summed E-state index contributed by atoms with van der Waals surface area (Å²) in [6, 6.07) is 0.112. The topological polar surface area (TPSA) is 15.3 Å². The van der Waals surface area contributed by atoms with Gasteiger partial charge >= 0.3 is 6.18 Å². The van der Waals surface area contributed by atoms with E-state index in [-0.39, 0.29) is 12.1 Å². The van der Waals surface area contributed by atoms with Crippen LogP contribution in [0.5, 0.6) is 0 Å². The second kappa shape index (κ2) is 6.05. The minimum atomic E-state index is -4.11. The molecule has 1 aliphatic heterocycles. The van der Waals surface area contributed by atoms with Crippen LogP contribution >= 0.6 is 0 Å². The quantitative estimate of drug-likeness (QED) is 0.827. The molecule has 5 heteroatoms. The van der Waals surface area contributed by atoms with Crippen LogP contribution in [0.2, 0.25) is 0 Å². The first-order chi connectivity index (χ1) is 7.79. The van der Waals surface area contributed by atoms with E-state index < -0.39 is 12.7 Å². The third-order valence-corrected chi connectivity index (χ3v) is 3.47. The van der Waals surface area contributed by atoms with Crippen molar-refractivity contribution in [3.05, 3.63) is 0 Å². The third kappa shape index (κ3) is 5.25. The van der Waals surface area contributed by atoms with Crippen molar-refractivity contribution in [2.45, 2.75) is 51.9 Å². The highest BCUT2D eigenvalue weighted by molar-refractivity contribution is 4.83. The van der Waals surface area contributed by atoms with Gasteiger partial charge in [0.25, 0.3) is 0 Å². The predicted octanol–water partition coefficient (Wildman–Crippen LogP) is 2.65. The summed E-state index contributed by atoms with van der Waals surface area (Å²) in [5, 5.41) is 3.33. The molecule has 1 heterocycles. The van der Waals surface area contributed by atoms with Crippen LogP contribution in [0.25, 0.3) is 0 Å². The van der Waals surface area contributed by atoms with E-state index in [2.05, 4.69) is 12.2 Å². The van der Waals surface area contributed by atoms with Gasteiger partial charge in [-0.05, 0) is 39.2 Å². The van der Waals surface area contributed by atoms with Crippen LogP contribution in [-0.4, -0.2) is 42.8 Å². The first-order valence-electron chi connectivity index (χ1n) is 6.34. The van der Waals surface area contributed by atoms with Crippen molar-refractivity contribution < 1.29 is 13.2 Å². The Labute approximate surface area is 102 Å². The fraction of sp³-hybridized carbons (Fsp3) is 1.00. The average molecular weight is 252 g/mol. The highest BCUT2D eigenvalue weighted by atomic mass is 19.4. The molecule has 0 aromatic carbocycles. The SMILES string of the molecule is CC1CCCNC1CN(CC(F)(F)F)C(C)C. The van der Waals surface area contributed by atoms with Crippen molar-refractivity contribution in [1.82, 2.24) is 10.2 Å². The molecule has 17 heavy (non-hydrogen) atoms. The molecule has 0 spiro atoms. The van der Waals surface area contributed by atoms with Gasteiger partial charge in [0, 0.05) is 18.6 Å². The fourth-order valence-electron chi connectivity index (χ4n) is 2.30. The van der Waals surface area contributed by atoms with E-state index in [4.69, 9.17) is 0 Å². The van der Waals surface area contributed by atoms with Gasteiger partial charge in [-0.25, -0.2) is 0 Å². The van der Waals surface area contributed by atoms with Crippen LogP contribution in [0.15, 0.2) is 0 Å². The molecule has 0 amide bonds. The summed E-state index contributed by atoms with van der Waals surface area (Å²) in [7, 11) is 0. The number of alkyl halides is 3. The Morgan fingerprint density at radius 3 is 2.47 bits per heavy atom. The Kier molecular flexibility index (Phi) is 5.25. The molecule has 1 rings (SSSR count). The fourth-order valence-corrected chi connectivity index (χ4v) is 2.30. The molecule has 0 aromatic rings. The Balaban J connectivity index is 2.53. The molecule has 102 valence electrons. The van der Waals surface area contributed by atoms with Gasteiger partial charge in [0.05, 0.1) is 6.54 Å². The number of hydrogen-bond donors (Lipinski definition) is 1. The van der Waals surface area contributed by atoms with Crippen LogP contribution in [0.1, 0.15) is 33.6 Å². The third-order valence-electron chi connectivity index (χ3n) is 3.47. The lowest BCUT2D eigenvalue weighted by atomic mass is 9.92. The first-order valence-corrected chi connectivity index (χ1v) is 6.34. The first kappa shape index (κ1) is 14.8. The van der Waals surface area contributed by atoms with Gasteiger partial charge in [0.15, 0.2) is 0 Å². The number of nitrogens with zero attached hydrogens (tertiary/aromatic N) is 1. The maximum Gasteiger partial charge on any atom is 0.401 e. The summed E-state index contributed by atoms with van der Waals surface area (Å²) in [5.41, 5.74) is 0. The zero-order valence-electron chi connectivity index (χ0n) is 10.8. The molecular weight excluding hydrogens is 229 g/mol. The van der Waals surface area contributed by atoms with Gasteiger partial charge in [-0.2, -0.15) is 13.2 Å². The second-order valence-corrected chi connectivity index (χ2v) is 5.32. The zero-order valence-corrected chi connectivity index (χ0v) is 10.8. The molecule has 2 unspecified atom stereocenters. The van der Waals surface area contributed by atoms with Gasteiger partial charge in [-0.1, -0.05) is 6.92 Å². The van der Waals surface area contributed by atoms with Crippen LogP contribution in [0.4, 0.5) is 13.2 Å². The van der Waals surface area contributed by atoms with Crippen molar-refractivity contribution in [2.24, 2.45) is 5.92 Å². The highest BCUT2D eigenvalue weighted by Gasteiger charge is 2.33. The Morgan fingerprint density at radius 1 is 1.35 bits per heavy atom. The number of hydrogen-bond acceptors (Lipinski definition) is 2. The van der Waals surface area contributed by atoms with E-state index in [9.17, 15) is 13.2 Å². The molecule has 2 nitrogen and oxygen atoms in total.